The van der Waals surface area contributed by atoms with Crippen LogP contribution >= 0.6 is 23.2 Å². The van der Waals surface area contributed by atoms with E-state index in [4.69, 9.17) is 28.9 Å². The van der Waals surface area contributed by atoms with Crippen molar-refractivity contribution in [3.63, 3.8) is 0 Å². The lowest BCUT2D eigenvalue weighted by molar-refractivity contribution is -0.304. The predicted octanol–water partition coefficient (Wildman–Crippen LogP) is 4.13. The van der Waals surface area contributed by atoms with Crippen LogP contribution in [0.1, 0.15) is 20.7 Å². The highest BCUT2D eigenvalue weighted by Crippen LogP contribution is 2.44. The third kappa shape index (κ3) is 5.65. The summed E-state index contributed by atoms with van der Waals surface area (Å²) in [5.74, 6) is -5.16. The molecule has 0 atom stereocenters. The predicted molar refractivity (Wildman–Crippen MR) is 135 cm³/mol. The smallest absolute Gasteiger partial charge is 0.368 e. The van der Waals surface area contributed by atoms with Gasteiger partial charge in [-0.25, -0.2) is 9.29 Å². The molecule has 0 aromatic heterocycles. The number of amides is 2. The molecular formula is C25H19Cl2F4N3O5. The van der Waals surface area contributed by atoms with Gasteiger partial charge in [-0.2, -0.15) is 13.2 Å². The van der Waals surface area contributed by atoms with E-state index in [0.717, 1.165) is 23.1 Å². The topological polar surface area (TPSA) is 127 Å². The normalized spacial score (nSPS) is 14.2. The summed E-state index contributed by atoms with van der Waals surface area (Å²) in [5.41, 5.74) is 4.41. The van der Waals surface area contributed by atoms with Crippen LogP contribution in [0.25, 0.3) is 11.1 Å². The first-order valence-corrected chi connectivity index (χ1v) is 11.9. The number of nitrogens with zero attached hydrogens (tertiary/aromatic N) is 2. The molecule has 1 saturated heterocycles. The number of aliphatic hydroxyl groups is 3. The molecule has 1 fully saturated rings. The number of rotatable bonds is 6. The maximum Gasteiger partial charge on any atom is 0.395 e. The third-order valence-corrected chi connectivity index (χ3v) is 6.79. The lowest BCUT2D eigenvalue weighted by Gasteiger charge is -2.44. The number of hydrogen-bond acceptors (Lipinski definition) is 6. The van der Waals surface area contributed by atoms with E-state index in [-0.39, 0.29) is 32.3 Å². The summed E-state index contributed by atoms with van der Waals surface area (Å²) in [6, 6.07) is 10.9. The van der Waals surface area contributed by atoms with Crippen molar-refractivity contribution in [1.29, 1.82) is 0 Å². The fourth-order valence-electron chi connectivity index (χ4n) is 4.14. The minimum Gasteiger partial charge on any atom is -0.368 e. The minimum absolute atomic E-state index is 0.0151. The van der Waals surface area contributed by atoms with Crippen LogP contribution in [0.2, 0.25) is 10.0 Å². The van der Waals surface area contributed by atoms with Crippen LogP contribution in [0.5, 0.6) is 0 Å². The van der Waals surface area contributed by atoms with E-state index in [0.29, 0.717) is 0 Å². The zero-order chi connectivity index (χ0) is 28.9. The van der Waals surface area contributed by atoms with E-state index in [1.165, 1.54) is 36.4 Å². The fourth-order valence-corrected chi connectivity index (χ4v) is 4.61. The standard InChI is InChI=1S/C25H19Cl2F4N3O5/c26-16-6-4-13(22(32)35)8-15(16)12-5-7-19(20(9-12)33-10-14(11-33)24(29,30)31)34(25(37,38)39)23(36)21-17(27)2-1-3-18(21)28/h1-9,14,37-39H,10-11H2,(H2,32,35). The molecule has 1 aliphatic heterocycles. The Labute approximate surface area is 228 Å². The highest BCUT2D eigenvalue weighted by atomic mass is 35.5. The van der Waals surface area contributed by atoms with Gasteiger partial charge in [0.1, 0.15) is 5.82 Å². The van der Waals surface area contributed by atoms with Crippen molar-refractivity contribution in [2.45, 2.75) is 12.3 Å². The Morgan fingerprint density at radius 2 is 1.64 bits per heavy atom. The molecule has 3 aromatic rings. The molecule has 4 rings (SSSR count). The second-order valence-electron chi connectivity index (χ2n) is 8.74. The van der Waals surface area contributed by atoms with Gasteiger partial charge in [-0.15, -0.1) is 0 Å². The van der Waals surface area contributed by atoms with E-state index < -0.39 is 65.2 Å². The molecular weight excluding hydrogens is 569 g/mol. The van der Waals surface area contributed by atoms with Gasteiger partial charge in [0.25, 0.3) is 5.91 Å². The summed E-state index contributed by atoms with van der Waals surface area (Å²) in [6.07, 6.45) is -8.46. The second kappa shape index (κ2) is 10.3. The zero-order valence-corrected chi connectivity index (χ0v) is 21.1. The molecule has 3 aromatic carbocycles. The Morgan fingerprint density at radius 3 is 2.21 bits per heavy atom. The van der Waals surface area contributed by atoms with Crippen molar-refractivity contribution >= 4 is 46.4 Å². The van der Waals surface area contributed by atoms with Gasteiger partial charge >= 0.3 is 12.3 Å². The monoisotopic (exact) mass is 587 g/mol. The van der Waals surface area contributed by atoms with Gasteiger partial charge < -0.3 is 26.0 Å². The largest absolute Gasteiger partial charge is 0.395 e. The molecule has 0 bridgehead atoms. The van der Waals surface area contributed by atoms with E-state index in [9.17, 15) is 42.5 Å². The quantitative estimate of drug-likeness (QED) is 0.254. The van der Waals surface area contributed by atoms with Crippen LogP contribution in [0.15, 0.2) is 54.6 Å². The minimum atomic E-state index is -4.53. The van der Waals surface area contributed by atoms with Gasteiger partial charge in [0.2, 0.25) is 5.91 Å². The first kappa shape index (κ1) is 28.6. The number of nitrogens with two attached hydrogens (primary N) is 1. The van der Waals surface area contributed by atoms with E-state index >= 15 is 0 Å². The molecule has 0 spiro atoms. The molecule has 0 aliphatic carbocycles. The van der Waals surface area contributed by atoms with Crippen LogP contribution in [-0.2, 0) is 0 Å². The molecule has 0 unspecified atom stereocenters. The Bertz CT molecular complexity index is 1440. The summed E-state index contributed by atoms with van der Waals surface area (Å²) < 4.78 is 54.3. The van der Waals surface area contributed by atoms with Gasteiger partial charge in [-0.3, -0.25) is 9.59 Å². The van der Waals surface area contributed by atoms with Gasteiger partial charge in [-0.1, -0.05) is 35.3 Å². The average Bonchev–Trinajstić information content (AvgIpc) is 2.77. The highest BCUT2D eigenvalue weighted by molar-refractivity contribution is 6.35. The second-order valence-corrected chi connectivity index (χ2v) is 9.56. The van der Waals surface area contributed by atoms with E-state index in [1.807, 2.05) is 0 Å². The molecule has 2 amide bonds. The number of primary amides is 1. The Balaban J connectivity index is 1.90. The molecule has 0 saturated carbocycles. The van der Waals surface area contributed by atoms with Gasteiger partial charge in [0.05, 0.1) is 27.9 Å². The molecule has 39 heavy (non-hydrogen) atoms. The number of anilines is 2. The highest BCUT2D eigenvalue weighted by Gasteiger charge is 2.49. The molecule has 1 aliphatic rings. The molecule has 14 heteroatoms. The Hall–Kier alpha value is -3.42. The summed E-state index contributed by atoms with van der Waals surface area (Å²) in [4.78, 5) is 26.1. The average molecular weight is 588 g/mol. The van der Waals surface area contributed by atoms with Crippen molar-refractivity contribution in [2.75, 3.05) is 22.9 Å². The summed E-state index contributed by atoms with van der Waals surface area (Å²) in [5, 5.41) is 30.1. The number of hydrogen-bond donors (Lipinski definition) is 4. The van der Waals surface area contributed by atoms with Crippen LogP contribution in [-0.4, -0.2) is 52.5 Å². The summed E-state index contributed by atoms with van der Waals surface area (Å²) in [7, 11) is 0. The maximum absolute atomic E-state index is 14.6. The van der Waals surface area contributed by atoms with Crippen LogP contribution in [0.4, 0.5) is 28.9 Å². The summed E-state index contributed by atoms with van der Waals surface area (Å²) in [6.45, 7) is -1.15. The lowest BCUT2D eigenvalue weighted by atomic mass is 9.95. The third-order valence-electron chi connectivity index (χ3n) is 6.14. The zero-order valence-electron chi connectivity index (χ0n) is 19.6. The number of alkyl halides is 3. The van der Waals surface area contributed by atoms with Crippen molar-refractivity contribution in [1.82, 2.24) is 0 Å². The summed E-state index contributed by atoms with van der Waals surface area (Å²) >= 11 is 12.2. The molecule has 8 nitrogen and oxygen atoms in total. The van der Waals surface area contributed by atoms with Crippen LogP contribution in [0, 0.1) is 11.7 Å². The van der Waals surface area contributed by atoms with Gasteiger partial charge in [0.15, 0.2) is 0 Å². The van der Waals surface area contributed by atoms with Crippen LogP contribution < -0.4 is 15.5 Å². The van der Waals surface area contributed by atoms with E-state index in [1.54, 1.807) is 0 Å². The Morgan fingerprint density at radius 1 is 0.974 bits per heavy atom. The first-order chi connectivity index (χ1) is 18.1. The van der Waals surface area contributed by atoms with Crippen molar-refractivity contribution < 1.29 is 42.5 Å². The number of carbonyl (C=O) groups excluding carboxylic acids is 2. The molecule has 0 radical (unpaired) electrons. The maximum atomic E-state index is 14.6. The molecule has 1 heterocycles. The van der Waals surface area contributed by atoms with Crippen molar-refractivity contribution in [3.05, 3.63) is 81.6 Å². The molecule has 5 N–H and O–H groups in total. The van der Waals surface area contributed by atoms with Gasteiger partial charge in [0, 0.05) is 29.2 Å². The van der Waals surface area contributed by atoms with Crippen LogP contribution in [0.3, 0.4) is 0 Å². The lowest BCUT2D eigenvalue weighted by Crippen LogP contribution is -2.56. The van der Waals surface area contributed by atoms with Gasteiger partial charge in [-0.05, 0) is 48.0 Å². The Kier molecular flexibility index (Phi) is 7.54. The SMILES string of the molecule is NC(=O)c1ccc(Cl)c(-c2ccc(N(C(=O)c3c(F)cccc3Cl)C(O)(O)O)c(N3CC(C(F)(F)F)C3)c2)c1. The number of benzene rings is 3. The fraction of sp³-hybridized carbons (Fsp3) is 0.200. The number of halogens is 6. The van der Waals surface area contributed by atoms with Crippen molar-refractivity contribution in [2.24, 2.45) is 11.7 Å². The van der Waals surface area contributed by atoms with E-state index in [2.05, 4.69) is 0 Å². The molecule has 206 valence electrons. The van der Waals surface area contributed by atoms with Crippen molar-refractivity contribution in [3.8, 4) is 11.1 Å². The number of carbonyl (C=O) groups is 2. The first-order valence-electron chi connectivity index (χ1n) is 11.1.